The molecule has 2 fully saturated rings. The summed E-state index contributed by atoms with van der Waals surface area (Å²) in [7, 11) is 0. The molecule has 2 aromatic carbocycles. The second kappa shape index (κ2) is 9.24. The summed E-state index contributed by atoms with van der Waals surface area (Å²) >= 11 is 0. The lowest BCUT2D eigenvalue weighted by molar-refractivity contribution is -0.183. The average molecular weight is 458 g/mol. The average Bonchev–Trinajstić information content (AvgIpc) is 3.51. The zero-order chi connectivity index (χ0) is 23.7. The molecule has 7 nitrogen and oxygen atoms in total. The van der Waals surface area contributed by atoms with Crippen molar-refractivity contribution in [2.45, 2.75) is 44.7 Å². The zero-order valence-electron chi connectivity index (χ0n) is 18.7. The number of carbonyl (C=O) groups excluding carboxylic acids is 1. The second-order valence-corrected chi connectivity index (χ2v) is 9.12. The van der Waals surface area contributed by atoms with E-state index in [0.29, 0.717) is 30.1 Å². The molecule has 1 atom stereocenters. The number of nitriles is 2. The van der Waals surface area contributed by atoms with Crippen LogP contribution in [0.4, 0.5) is 4.39 Å². The van der Waals surface area contributed by atoms with Crippen molar-refractivity contribution in [3.8, 4) is 12.1 Å². The number of amides is 1. The quantitative estimate of drug-likeness (QED) is 0.569. The molecule has 0 unspecified atom stereocenters. The van der Waals surface area contributed by atoms with Crippen LogP contribution in [0, 0.1) is 40.3 Å². The summed E-state index contributed by atoms with van der Waals surface area (Å²) in [5.74, 6) is -0.224. The van der Waals surface area contributed by atoms with E-state index >= 15 is 0 Å². The number of hydrogen-bond acceptors (Lipinski definition) is 5. The van der Waals surface area contributed by atoms with Gasteiger partial charge in [0.15, 0.2) is 0 Å². The lowest BCUT2D eigenvalue weighted by Crippen LogP contribution is -2.37. The van der Waals surface area contributed by atoms with Gasteiger partial charge in [-0.2, -0.15) is 10.5 Å². The lowest BCUT2D eigenvalue weighted by Gasteiger charge is -2.32. The number of halogens is 1. The SMILES string of the molecule is N#Cc1cc(F)cc([C@@H]2CCON2C(=O)[C@H]2CC[C@H](Cn3cnc4cc(C#N)ccc43)CC2)c1. The van der Waals surface area contributed by atoms with Crippen molar-refractivity contribution in [1.29, 1.82) is 10.5 Å². The highest BCUT2D eigenvalue weighted by Gasteiger charge is 2.37. The molecular formula is C26H24FN5O2. The van der Waals surface area contributed by atoms with Crippen LogP contribution in [0.1, 0.15) is 54.8 Å². The van der Waals surface area contributed by atoms with E-state index in [1.54, 1.807) is 18.2 Å². The maximum atomic E-state index is 14.0. The summed E-state index contributed by atoms with van der Waals surface area (Å²) in [6, 6.07) is 13.5. The molecule has 3 aromatic rings. The molecule has 0 radical (unpaired) electrons. The molecule has 1 aromatic heterocycles. The van der Waals surface area contributed by atoms with Gasteiger partial charge in [-0.05, 0) is 73.6 Å². The minimum atomic E-state index is -0.482. The Balaban J connectivity index is 1.22. The summed E-state index contributed by atoms with van der Waals surface area (Å²) in [6.07, 6.45) is 5.78. The van der Waals surface area contributed by atoms with E-state index in [0.717, 1.165) is 43.3 Å². The Labute approximate surface area is 196 Å². The molecule has 1 aliphatic heterocycles. The first-order valence-electron chi connectivity index (χ1n) is 11.6. The van der Waals surface area contributed by atoms with Crippen molar-refractivity contribution in [3.05, 3.63) is 65.2 Å². The summed E-state index contributed by atoms with van der Waals surface area (Å²) in [4.78, 5) is 23.4. The predicted octanol–water partition coefficient (Wildman–Crippen LogP) is 4.63. The van der Waals surface area contributed by atoms with Gasteiger partial charge in [-0.3, -0.25) is 9.63 Å². The van der Waals surface area contributed by atoms with Crippen LogP contribution in [0.25, 0.3) is 11.0 Å². The highest BCUT2D eigenvalue weighted by Crippen LogP contribution is 2.37. The fraction of sp³-hybridized carbons (Fsp3) is 0.385. The highest BCUT2D eigenvalue weighted by molar-refractivity contribution is 5.79. The van der Waals surface area contributed by atoms with E-state index in [-0.39, 0.29) is 23.4 Å². The van der Waals surface area contributed by atoms with E-state index in [2.05, 4.69) is 15.6 Å². The van der Waals surface area contributed by atoms with Gasteiger partial charge in [0.25, 0.3) is 0 Å². The first-order chi connectivity index (χ1) is 16.6. The molecule has 2 heterocycles. The van der Waals surface area contributed by atoms with Crippen LogP contribution < -0.4 is 0 Å². The molecule has 1 saturated heterocycles. The molecular weight excluding hydrogens is 433 g/mol. The summed E-state index contributed by atoms with van der Waals surface area (Å²) in [5, 5.41) is 19.6. The Morgan fingerprint density at radius 2 is 1.85 bits per heavy atom. The first kappa shape index (κ1) is 22.1. The number of rotatable bonds is 4. The normalized spacial score (nSPS) is 22.4. The number of nitrogens with zero attached hydrogens (tertiary/aromatic N) is 5. The monoisotopic (exact) mass is 457 g/mol. The molecule has 34 heavy (non-hydrogen) atoms. The van der Waals surface area contributed by atoms with Crippen molar-refractivity contribution in [3.63, 3.8) is 0 Å². The third kappa shape index (κ3) is 4.25. The number of aromatic nitrogens is 2. The Bertz CT molecular complexity index is 1310. The van der Waals surface area contributed by atoms with Gasteiger partial charge in [-0.25, -0.2) is 14.4 Å². The summed E-state index contributed by atoms with van der Waals surface area (Å²) < 4.78 is 16.1. The van der Waals surface area contributed by atoms with E-state index in [9.17, 15) is 9.18 Å². The van der Waals surface area contributed by atoms with Gasteiger partial charge in [0, 0.05) is 18.9 Å². The molecule has 5 rings (SSSR count). The molecule has 172 valence electrons. The van der Waals surface area contributed by atoms with Crippen LogP contribution >= 0.6 is 0 Å². The lowest BCUT2D eigenvalue weighted by atomic mass is 9.81. The van der Waals surface area contributed by atoms with E-state index in [4.69, 9.17) is 15.4 Å². The van der Waals surface area contributed by atoms with Gasteiger partial charge in [0.1, 0.15) is 5.82 Å². The number of imidazole rings is 1. The number of carbonyl (C=O) groups is 1. The number of hydroxylamine groups is 2. The van der Waals surface area contributed by atoms with Crippen molar-refractivity contribution in [1.82, 2.24) is 14.6 Å². The summed E-state index contributed by atoms with van der Waals surface area (Å²) in [6.45, 7) is 1.22. The Hall–Kier alpha value is -3.75. The van der Waals surface area contributed by atoms with Crippen molar-refractivity contribution >= 4 is 16.9 Å². The molecule has 1 aliphatic carbocycles. The third-order valence-corrected chi connectivity index (χ3v) is 6.96. The van der Waals surface area contributed by atoms with Crippen LogP contribution in [0.2, 0.25) is 0 Å². The van der Waals surface area contributed by atoms with Crippen LogP contribution in [-0.4, -0.2) is 27.1 Å². The predicted molar refractivity (Wildman–Crippen MR) is 121 cm³/mol. The number of hydrogen-bond donors (Lipinski definition) is 0. The first-order valence-corrected chi connectivity index (χ1v) is 11.6. The highest BCUT2D eigenvalue weighted by atomic mass is 19.1. The molecule has 0 bridgehead atoms. The van der Waals surface area contributed by atoms with Gasteiger partial charge in [0.2, 0.25) is 5.91 Å². The molecule has 0 spiro atoms. The smallest absolute Gasteiger partial charge is 0.249 e. The topological polar surface area (TPSA) is 94.9 Å². The van der Waals surface area contributed by atoms with Gasteiger partial charge >= 0.3 is 0 Å². The Kier molecular flexibility index (Phi) is 6.00. The number of fused-ring (bicyclic) bond motifs is 1. The minimum Gasteiger partial charge on any atom is -0.330 e. The Morgan fingerprint density at radius 1 is 1.06 bits per heavy atom. The zero-order valence-corrected chi connectivity index (χ0v) is 18.7. The fourth-order valence-electron chi connectivity index (χ4n) is 5.19. The van der Waals surface area contributed by atoms with Crippen molar-refractivity contribution in [2.75, 3.05) is 6.61 Å². The number of benzene rings is 2. The Morgan fingerprint density at radius 3 is 2.62 bits per heavy atom. The van der Waals surface area contributed by atoms with Crippen LogP contribution in [0.5, 0.6) is 0 Å². The molecule has 0 N–H and O–H groups in total. The maximum absolute atomic E-state index is 14.0. The van der Waals surface area contributed by atoms with Crippen LogP contribution in [-0.2, 0) is 16.2 Å². The molecule has 1 amide bonds. The third-order valence-electron chi connectivity index (χ3n) is 6.96. The second-order valence-electron chi connectivity index (χ2n) is 9.12. The van der Waals surface area contributed by atoms with Crippen molar-refractivity contribution in [2.24, 2.45) is 11.8 Å². The van der Waals surface area contributed by atoms with Crippen LogP contribution in [0.3, 0.4) is 0 Å². The molecule has 8 heteroatoms. The van der Waals surface area contributed by atoms with Crippen LogP contribution in [0.15, 0.2) is 42.7 Å². The minimum absolute atomic E-state index is 0.0548. The van der Waals surface area contributed by atoms with E-state index in [1.807, 2.05) is 18.5 Å². The van der Waals surface area contributed by atoms with Crippen molar-refractivity contribution < 1.29 is 14.0 Å². The maximum Gasteiger partial charge on any atom is 0.249 e. The summed E-state index contributed by atoms with van der Waals surface area (Å²) in [5.41, 5.74) is 3.27. The van der Waals surface area contributed by atoms with E-state index < -0.39 is 5.82 Å². The van der Waals surface area contributed by atoms with Gasteiger partial charge in [-0.1, -0.05) is 0 Å². The standard InChI is InChI=1S/C26H24FN5O2/c27-22-10-19(14-29)9-21(12-22)24-7-8-34-32(24)26(33)20-4-1-17(2-5-20)15-31-16-30-23-11-18(13-28)3-6-25(23)31/h3,6,9-12,16-17,20,24H,1-2,4-5,7-8,15H2/t17-,20-,24-/m0/s1. The largest absolute Gasteiger partial charge is 0.330 e. The fourth-order valence-corrected chi connectivity index (χ4v) is 5.19. The molecule has 1 saturated carbocycles. The van der Waals surface area contributed by atoms with Gasteiger partial charge < -0.3 is 4.57 Å². The van der Waals surface area contributed by atoms with Gasteiger partial charge in [0.05, 0.1) is 53.3 Å². The van der Waals surface area contributed by atoms with E-state index in [1.165, 1.54) is 17.2 Å². The molecule has 2 aliphatic rings. The van der Waals surface area contributed by atoms with Gasteiger partial charge in [-0.15, -0.1) is 0 Å².